The highest BCUT2D eigenvalue weighted by Crippen LogP contribution is 2.26. The van der Waals surface area contributed by atoms with E-state index in [0.29, 0.717) is 35.3 Å². The lowest BCUT2D eigenvalue weighted by Gasteiger charge is -2.11. The van der Waals surface area contributed by atoms with Crippen LogP contribution in [-0.2, 0) is 17.8 Å². The van der Waals surface area contributed by atoms with Gasteiger partial charge in [0.25, 0.3) is 5.56 Å². The van der Waals surface area contributed by atoms with Crippen LogP contribution in [0.3, 0.4) is 0 Å². The SMILES string of the molecule is Cc1ccc(Cn2c3nc4ccccc4nc3c3c(=O)n(C[C@@H]4CCCO4)cnc32)cc1. The van der Waals surface area contributed by atoms with E-state index in [1.54, 1.807) is 10.9 Å². The fourth-order valence-corrected chi connectivity index (χ4v) is 4.50. The van der Waals surface area contributed by atoms with Crippen molar-refractivity contribution in [1.29, 1.82) is 0 Å². The van der Waals surface area contributed by atoms with Gasteiger partial charge in [-0.05, 0) is 37.5 Å². The monoisotopic (exact) mass is 425 g/mol. The number of aromatic nitrogens is 5. The fraction of sp³-hybridized carbons (Fsp3) is 0.280. The molecule has 1 aliphatic heterocycles. The molecule has 0 radical (unpaired) electrons. The summed E-state index contributed by atoms with van der Waals surface area (Å²) in [5.74, 6) is 0. The molecule has 0 bridgehead atoms. The highest BCUT2D eigenvalue weighted by atomic mass is 16.5. The van der Waals surface area contributed by atoms with E-state index < -0.39 is 0 Å². The van der Waals surface area contributed by atoms with E-state index in [9.17, 15) is 4.79 Å². The average molecular weight is 425 g/mol. The molecule has 1 fully saturated rings. The van der Waals surface area contributed by atoms with E-state index in [4.69, 9.17) is 19.7 Å². The zero-order valence-corrected chi connectivity index (χ0v) is 17.9. The van der Waals surface area contributed by atoms with Gasteiger partial charge < -0.3 is 9.30 Å². The molecule has 1 atom stereocenters. The summed E-state index contributed by atoms with van der Waals surface area (Å²) in [6, 6.07) is 16.1. The minimum absolute atomic E-state index is 0.0553. The molecule has 0 saturated carbocycles. The Kier molecular flexibility index (Phi) is 4.50. The summed E-state index contributed by atoms with van der Waals surface area (Å²) < 4.78 is 9.41. The van der Waals surface area contributed by atoms with Crippen molar-refractivity contribution in [3.05, 3.63) is 76.3 Å². The number of aryl methyl sites for hydroxylation is 1. The second-order valence-electron chi connectivity index (χ2n) is 8.49. The zero-order valence-electron chi connectivity index (χ0n) is 17.9. The predicted molar refractivity (Wildman–Crippen MR) is 124 cm³/mol. The third-order valence-electron chi connectivity index (χ3n) is 6.20. The zero-order chi connectivity index (χ0) is 21.7. The van der Waals surface area contributed by atoms with Crippen molar-refractivity contribution in [3.63, 3.8) is 0 Å². The quantitative estimate of drug-likeness (QED) is 0.437. The Morgan fingerprint density at radius 1 is 1.03 bits per heavy atom. The molecule has 0 N–H and O–H groups in total. The van der Waals surface area contributed by atoms with Crippen LogP contribution in [0.1, 0.15) is 24.0 Å². The van der Waals surface area contributed by atoms with Crippen LogP contribution in [0, 0.1) is 6.92 Å². The summed E-state index contributed by atoms with van der Waals surface area (Å²) in [5.41, 5.74) is 5.69. The third kappa shape index (κ3) is 3.17. The Morgan fingerprint density at radius 3 is 2.56 bits per heavy atom. The molecule has 0 unspecified atom stereocenters. The molecule has 0 aliphatic carbocycles. The van der Waals surface area contributed by atoms with Gasteiger partial charge in [0.15, 0.2) is 11.3 Å². The van der Waals surface area contributed by atoms with Gasteiger partial charge in [0.05, 0.1) is 36.6 Å². The fourth-order valence-electron chi connectivity index (χ4n) is 4.50. The Labute approximate surface area is 184 Å². The maximum absolute atomic E-state index is 13.6. The van der Waals surface area contributed by atoms with Crippen LogP contribution in [0.15, 0.2) is 59.7 Å². The number of benzene rings is 2. The second-order valence-corrected chi connectivity index (χ2v) is 8.49. The Balaban J connectivity index is 1.59. The van der Waals surface area contributed by atoms with Crippen LogP contribution in [0.25, 0.3) is 33.2 Å². The molecule has 2 aromatic carbocycles. The van der Waals surface area contributed by atoms with Crippen molar-refractivity contribution in [2.75, 3.05) is 6.61 Å². The Hall–Kier alpha value is -3.58. The molecule has 3 aromatic heterocycles. The first-order chi connectivity index (χ1) is 15.7. The van der Waals surface area contributed by atoms with Crippen LogP contribution < -0.4 is 5.56 Å². The van der Waals surface area contributed by atoms with Crippen molar-refractivity contribution in [2.45, 2.75) is 39.0 Å². The van der Waals surface area contributed by atoms with Gasteiger partial charge in [-0.1, -0.05) is 42.0 Å². The van der Waals surface area contributed by atoms with E-state index in [1.807, 2.05) is 28.8 Å². The first kappa shape index (κ1) is 19.1. The van der Waals surface area contributed by atoms with E-state index in [0.717, 1.165) is 36.0 Å². The molecule has 32 heavy (non-hydrogen) atoms. The number of hydrogen-bond donors (Lipinski definition) is 0. The third-order valence-corrected chi connectivity index (χ3v) is 6.20. The normalized spacial score (nSPS) is 16.5. The maximum Gasteiger partial charge on any atom is 0.265 e. The molecule has 6 rings (SSSR count). The lowest BCUT2D eigenvalue weighted by molar-refractivity contribution is 0.0960. The molecule has 1 aliphatic rings. The summed E-state index contributed by atoms with van der Waals surface area (Å²) in [5, 5.41) is 0.519. The van der Waals surface area contributed by atoms with Crippen LogP contribution in [-0.4, -0.2) is 36.8 Å². The van der Waals surface area contributed by atoms with Gasteiger partial charge in [0, 0.05) is 6.61 Å². The first-order valence-corrected chi connectivity index (χ1v) is 11.0. The van der Waals surface area contributed by atoms with Crippen molar-refractivity contribution in [3.8, 4) is 0 Å². The van der Waals surface area contributed by atoms with Gasteiger partial charge >= 0.3 is 0 Å². The van der Waals surface area contributed by atoms with Crippen LogP contribution in [0.2, 0.25) is 0 Å². The number of ether oxygens (including phenoxy) is 1. The topological polar surface area (TPSA) is 74.8 Å². The first-order valence-electron chi connectivity index (χ1n) is 11.0. The molecule has 7 nitrogen and oxygen atoms in total. The van der Waals surface area contributed by atoms with Crippen molar-refractivity contribution in [1.82, 2.24) is 24.1 Å². The highest BCUT2D eigenvalue weighted by molar-refractivity contribution is 6.04. The summed E-state index contributed by atoms with van der Waals surface area (Å²) in [6.45, 7) is 3.89. The van der Waals surface area contributed by atoms with Crippen molar-refractivity contribution < 1.29 is 4.74 Å². The van der Waals surface area contributed by atoms with Gasteiger partial charge in [-0.15, -0.1) is 0 Å². The van der Waals surface area contributed by atoms with E-state index >= 15 is 0 Å². The lowest BCUT2D eigenvalue weighted by Crippen LogP contribution is -2.26. The molecule has 1 saturated heterocycles. The molecule has 4 heterocycles. The van der Waals surface area contributed by atoms with Gasteiger partial charge in [-0.2, -0.15) is 0 Å². The van der Waals surface area contributed by atoms with Crippen LogP contribution in [0.5, 0.6) is 0 Å². The van der Waals surface area contributed by atoms with Gasteiger partial charge in [0.1, 0.15) is 10.9 Å². The molecule has 7 heteroatoms. The van der Waals surface area contributed by atoms with Gasteiger partial charge in [-0.3, -0.25) is 9.36 Å². The van der Waals surface area contributed by atoms with Crippen molar-refractivity contribution in [2.24, 2.45) is 0 Å². The standard InChI is InChI=1S/C25H23N5O2/c1-16-8-10-17(11-9-16)13-30-23-21(22-24(30)28-20-7-3-2-6-19(20)27-22)25(31)29(15-26-23)14-18-5-4-12-32-18/h2-3,6-11,15,18H,4-5,12-14H2,1H3/t18-/m0/s1. The smallest absolute Gasteiger partial charge is 0.265 e. The average Bonchev–Trinajstić information content (AvgIpc) is 3.42. The summed E-state index contributed by atoms with van der Waals surface area (Å²) in [6.07, 6.45) is 3.68. The Morgan fingerprint density at radius 2 is 1.81 bits per heavy atom. The summed E-state index contributed by atoms with van der Waals surface area (Å²) in [4.78, 5) is 28.0. The molecule has 0 amide bonds. The minimum atomic E-state index is -0.0947. The van der Waals surface area contributed by atoms with E-state index in [2.05, 4.69) is 31.2 Å². The van der Waals surface area contributed by atoms with Crippen molar-refractivity contribution >= 4 is 33.2 Å². The Bertz CT molecular complexity index is 1510. The highest BCUT2D eigenvalue weighted by Gasteiger charge is 2.22. The van der Waals surface area contributed by atoms with Crippen LogP contribution >= 0.6 is 0 Å². The van der Waals surface area contributed by atoms with E-state index in [-0.39, 0.29) is 11.7 Å². The predicted octanol–water partition coefficient (Wildman–Crippen LogP) is 3.83. The largest absolute Gasteiger partial charge is 0.376 e. The van der Waals surface area contributed by atoms with Gasteiger partial charge in [0.2, 0.25) is 0 Å². The number of fused-ring (bicyclic) bond motifs is 4. The number of nitrogens with zero attached hydrogens (tertiary/aromatic N) is 5. The lowest BCUT2D eigenvalue weighted by atomic mass is 10.1. The molecule has 5 aromatic rings. The molecular formula is C25H23N5O2. The minimum Gasteiger partial charge on any atom is -0.376 e. The number of rotatable bonds is 4. The van der Waals surface area contributed by atoms with Crippen LogP contribution in [0.4, 0.5) is 0 Å². The molecular weight excluding hydrogens is 402 g/mol. The van der Waals surface area contributed by atoms with Gasteiger partial charge in [-0.25, -0.2) is 15.0 Å². The number of hydrogen-bond acceptors (Lipinski definition) is 5. The number of para-hydroxylation sites is 2. The molecule has 0 spiro atoms. The maximum atomic E-state index is 13.6. The molecule has 160 valence electrons. The second kappa shape index (κ2) is 7.53. The summed E-state index contributed by atoms with van der Waals surface area (Å²) in [7, 11) is 0. The van der Waals surface area contributed by atoms with E-state index in [1.165, 1.54) is 5.56 Å². The summed E-state index contributed by atoms with van der Waals surface area (Å²) >= 11 is 0.